The Morgan fingerprint density at radius 1 is 1.33 bits per heavy atom. The van der Waals surface area contributed by atoms with Crippen molar-refractivity contribution >= 4 is 21.6 Å². The normalized spacial score (nSPS) is 27.1. The molecule has 1 aromatic rings. The molecule has 1 aromatic carbocycles. The highest BCUT2D eigenvalue weighted by atomic mass is 79.9. The molecule has 2 unspecified atom stereocenters. The van der Waals surface area contributed by atoms with E-state index in [1.165, 1.54) is 12.5 Å². The maximum absolute atomic E-state index is 11.0. The molecule has 0 amide bonds. The number of ether oxygens (including phenoxy) is 1. The second-order valence-electron chi connectivity index (χ2n) is 6.00. The molecule has 0 saturated heterocycles. The average Bonchev–Trinajstić information content (AvgIpc) is 2.49. The molecule has 21 heavy (non-hydrogen) atoms. The summed E-state index contributed by atoms with van der Waals surface area (Å²) in [6.45, 7) is 0. The van der Waals surface area contributed by atoms with Crippen molar-refractivity contribution in [2.75, 3.05) is 0 Å². The van der Waals surface area contributed by atoms with Crippen LogP contribution in [0.1, 0.15) is 38.5 Å². The summed E-state index contributed by atoms with van der Waals surface area (Å²) in [6.07, 6.45) is 5.65. The Bertz CT molecular complexity index is 557. The Morgan fingerprint density at radius 3 is 2.67 bits per heavy atom. The number of hydrogen-bond donors (Lipinski definition) is 1. The first-order valence-electron chi connectivity index (χ1n) is 7.32. The summed E-state index contributed by atoms with van der Waals surface area (Å²) in [5, 5.41) is 21.2. The molecule has 2 saturated carbocycles. The van der Waals surface area contributed by atoms with Gasteiger partial charge in [-0.25, -0.2) is 0 Å². The van der Waals surface area contributed by atoms with E-state index in [1.807, 2.05) is 0 Å². The first-order chi connectivity index (χ1) is 10.0. The molecule has 0 bridgehead atoms. The quantitative estimate of drug-likeness (QED) is 0.660. The van der Waals surface area contributed by atoms with Crippen LogP contribution in [0.5, 0.6) is 5.75 Å². The monoisotopic (exact) mass is 355 g/mol. The van der Waals surface area contributed by atoms with Gasteiger partial charge in [0.15, 0.2) is 0 Å². The van der Waals surface area contributed by atoms with Crippen molar-refractivity contribution in [3.05, 3.63) is 32.8 Å². The highest BCUT2D eigenvalue weighted by molar-refractivity contribution is 9.10. The van der Waals surface area contributed by atoms with Crippen molar-refractivity contribution in [2.24, 2.45) is 5.41 Å². The highest BCUT2D eigenvalue weighted by Gasteiger charge is 2.56. The van der Waals surface area contributed by atoms with Gasteiger partial charge < -0.3 is 9.84 Å². The molecular formula is C15H18BrNO4. The van der Waals surface area contributed by atoms with Gasteiger partial charge in [-0.2, -0.15) is 0 Å². The summed E-state index contributed by atoms with van der Waals surface area (Å²) in [4.78, 5) is 10.5. The number of aliphatic hydroxyl groups is 1. The fourth-order valence-electron chi connectivity index (χ4n) is 3.64. The topological polar surface area (TPSA) is 72.6 Å². The van der Waals surface area contributed by atoms with Gasteiger partial charge in [-0.05, 0) is 34.8 Å². The lowest BCUT2D eigenvalue weighted by atomic mass is 9.56. The molecule has 0 radical (unpaired) electrons. The smallest absolute Gasteiger partial charge is 0.287 e. The zero-order valence-electron chi connectivity index (χ0n) is 11.6. The number of nitro benzene ring substituents is 1. The van der Waals surface area contributed by atoms with Crippen LogP contribution in [0.15, 0.2) is 22.7 Å². The molecule has 0 heterocycles. The third kappa shape index (κ3) is 2.44. The fraction of sp³-hybridized carbons (Fsp3) is 0.600. The van der Waals surface area contributed by atoms with E-state index in [0.29, 0.717) is 16.6 Å². The van der Waals surface area contributed by atoms with E-state index in [4.69, 9.17) is 4.74 Å². The Balaban J connectivity index is 1.81. The van der Waals surface area contributed by atoms with Crippen molar-refractivity contribution in [1.29, 1.82) is 0 Å². The zero-order valence-corrected chi connectivity index (χ0v) is 13.2. The van der Waals surface area contributed by atoms with Crippen LogP contribution in [0, 0.1) is 15.5 Å². The molecule has 3 rings (SSSR count). The minimum absolute atomic E-state index is 0.00469. The summed E-state index contributed by atoms with van der Waals surface area (Å²) >= 11 is 3.26. The van der Waals surface area contributed by atoms with E-state index < -0.39 is 4.92 Å². The Hall–Kier alpha value is -1.14. The standard InChI is InChI=1S/C15H18BrNO4/c16-14-10(17(19)20)5-4-6-11(14)21-13-9-12(18)15(13)7-2-1-3-8-15/h4-6,12-13,18H,1-3,7-9H2. The van der Waals surface area contributed by atoms with E-state index in [0.717, 1.165) is 25.7 Å². The van der Waals surface area contributed by atoms with Crippen LogP contribution in [0.25, 0.3) is 0 Å². The summed E-state index contributed by atoms with van der Waals surface area (Å²) in [7, 11) is 0. The number of hydrogen-bond acceptors (Lipinski definition) is 4. The fourth-order valence-corrected chi connectivity index (χ4v) is 4.14. The van der Waals surface area contributed by atoms with Crippen molar-refractivity contribution in [2.45, 2.75) is 50.7 Å². The third-order valence-corrected chi connectivity index (χ3v) is 5.73. The van der Waals surface area contributed by atoms with Crippen LogP contribution in [0.2, 0.25) is 0 Å². The highest BCUT2D eigenvalue weighted by Crippen LogP contribution is 2.53. The van der Waals surface area contributed by atoms with Crippen molar-refractivity contribution in [1.82, 2.24) is 0 Å². The van der Waals surface area contributed by atoms with Crippen LogP contribution < -0.4 is 4.74 Å². The largest absolute Gasteiger partial charge is 0.488 e. The van der Waals surface area contributed by atoms with Crippen molar-refractivity contribution in [3.63, 3.8) is 0 Å². The Morgan fingerprint density at radius 2 is 2.05 bits per heavy atom. The number of rotatable bonds is 3. The number of benzene rings is 1. The van der Waals surface area contributed by atoms with Crippen molar-refractivity contribution < 1.29 is 14.8 Å². The number of aliphatic hydroxyl groups excluding tert-OH is 1. The average molecular weight is 356 g/mol. The van der Waals surface area contributed by atoms with Crippen LogP contribution in [0.4, 0.5) is 5.69 Å². The summed E-state index contributed by atoms with van der Waals surface area (Å²) < 4.78 is 6.40. The number of halogens is 1. The Kier molecular flexibility index (Phi) is 3.92. The summed E-state index contributed by atoms with van der Waals surface area (Å²) in [5.41, 5.74) is -0.146. The summed E-state index contributed by atoms with van der Waals surface area (Å²) in [5.74, 6) is 0.492. The molecule has 2 aliphatic rings. The van der Waals surface area contributed by atoms with E-state index in [9.17, 15) is 15.2 Å². The molecule has 2 fully saturated rings. The predicted molar refractivity (Wildman–Crippen MR) is 81.4 cm³/mol. The maximum atomic E-state index is 11.0. The zero-order chi connectivity index (χ0) is 15.0. The molecule has 1 N–H and O–H groups in total. The first-order valence-corrected chi connectivity index (χ1v) is 8.11. The SMILES string of the molecule is O=[N+]([O-])c1cccc(OC2CC(O)C23CCCCC3)c1Br. The predicted octanol–water partition coefficient (Wildman–Crippen LogP) is 3.82. The van der Waals surface area contributed by atoms with Crippen molar-refractivity contribution in [3.8, 4) is 5.75 Å². The van der Waals surface area contributed by atoms with E-state index >= 15 is 0 Å². The molecule has 6 heteroatoms. The van der Waals surface area contributed by atoms with Gasteiger partial charge in [0.25, 0.3) is 5.69 Å². The van der Waals surface area contributed by atoms with Gasteiger partial charge in [-0.15, -0.1) is 0 Å². The molecule has 0 aliphatic heterocycles. The molecule has 114 valence electrons. The second kappa shape index (κ2) is 5.57. The lowest BCUT2D eigenvalue weighted by Crippen LogP contribution is -2.60. The van der Waals surface area contributed by atoms with Crippen LogP contribution >= 0.6 is 15.9 Å². The molecule has 5 nitrogen and oxygen atoms in total. The summed E-state index contributed by atoms with van der Waals surface area (Å²) in [6, 6.07) is 4.81. The van der Waals surface area contributed by atoms with Crippen LogP contribution in [0.3, 0.4) is 0 Å². The second-order valence-corrected chi connectivity index (χ2v) is 6.79. The first kappa shape index (κ1) is 14.8. The van der Waals surface area contributed by atoms with Gasteiger partial charge in [0, 0.05) is 17.9 Å². The number of nitrogens with zero attached hydrogens (tertiary/aromatic N) is 1. The minimum Gasteiger partial charge on any atom is -0.488 e. The van der Waals surface area contributed by atoms with E-state index in [1.54, 1.807) is 12.1 Å². The number of nitro groups is 1. The van der Waals surface area contributed by atoms with E-state index in [2.05, 4.69) is 15.9 Å². The van der Waals surface area contributed by atoms with Gasteiger partial charge >= 0.3 is 0 Å². The minimum atomic E-state index is -0.428. The molecule has 1 spiro atoms. The molecule has 2 atom stereocenters. The molecule has 0 aromatic heterocycles. The van der Waals surface area contributed by atoms with Gasteiger partial charge in [-0.1, -0.05) is 25.3 Å². The molecule has 2 aliphatic carbocycles. The van der Waals surface area contributed by atoms with Gasteiger partial charge in [0.05, 0.1) is 11.0 Å². The van der Waals surface area contributed by atoms with Gasteiger partial charge in [0.1, 0.15) is 16.3 Å². The van der Waals surface area contributed by atoms with Crippen LogP contribution in [-0.4, -0.2) is 22.2 Å². The van der Waals surface area contributed by atoms with Gasteiger partial charge in [0.2, 0.25) is 0 Å². The maximum Gasteiger partial charge on any atom is 0.287 e. The van der Waals surface area contributed by atoms with E-state index in [-0.39, 0.29) is 23.3 Å². The van der Waals surface area contributed by atoms with Crippen LogP contribution in [-0.2, 0) is 0 Å². The van der Waals surface area contributed by atoms with Gasteiger partial charge in [-0.3, -0.25) is 10.1 Å². The lowest BCUT2D eigenvalue weighted by Gasteiger charge is -2.55. The third-order valence-electron chi connectivity index (χ3n) is 4.94. The Labute approximate surface area is 131 Å². The lowest BCUT2D eigenvalue weighted by molar-refractivity contribution is -0.385. The molecular weight excluding hydrogens is 338 g/mol.